The lowest BCUT2D eigenvalue weighted by Gasteiger charge is -2.12. The van der Waals surface area contributed by atoms with Crippen LogP contribution in [0.4, 0.5) is 11.5 Å². The van der Waals surface area contributed by atoms with Gasteiger partial charge in [-0.3, -0.25) is 14.6 Å². The number of carbonyl (C=O) groups excluding carboxylic acids is 1. The first-order chi connectivity index (χ1) is 15.3. The third kappa shape index (κ3) is 4.19. The van der Waals surface area contributed by atoms with E-state index in [1.54, 1.807) is 43.4 Å². The molecule has 0 aliphatic rings. The summed E-state index contributed by atoms with van der Waals surface area (Å²) in [6.45, 7) is 0. The molecule has 0 bridgehead atoms. The Labute approximate surface area is 182 Å². The van der Waals surface area contributed by atoms with Crippen molar-refractivity contribution in [3.63, 3.8) is 0 Å². The first kappa shape index (κ1) is 21.2. The van der Waals surface area contributed by atoms with Gasteiger partial charge >= 0.3 is 0 Å². The van der Waals surface area contributed by atoms with Gasteiger partial charge in [-0.05, 0) is 47.9 Å². The van der Waals surface area contributed by atoms with Crippen LogP contribution in [0.15, 0.2) is 70.7 Å². The Kier molecular flexibility index (Phi) is 5.43. The number of fused-ring (bicyclic) bond motifs is 1. The lowest BCUT2D eigenvalue weighted by molar-refractivity contribution is 0.0963. The highest BCUT2D eigenvalue weighted by atomic mass is 32.2. The molecular weight excluding hydrogens is 432 g/mol. The molecule has 5 N–H and O–H groups in total. The number of amides is 1. The smallest absolute Gasteiger partial charge is 0.259 e. The third-order valence-electron chi connectivity index (χ3n) is 4.73. The number of hydrogen-bond acceptors (Lipinski definition) is 7. The van der Waals surface area contributed by atoms with Gasteiger partial charge in [0, 0.05) is 42.5 Å². The van der Waals surface area contributed by atoms with Crippen LogP contribution in [0.2, 0.25) is 0 Å². The molecule has 0 fully saturated rings. The Morgan fingerprint density at radius 1 is 1.09 bits per heavy atom. The summed E-state index contributed by atoms with van der Waals surface area (Å²) >= 11 is 0. The van der Waals surface area contributed by atoms with Gasteiger partial charge < -0.3 is 15.6 Å². The quantitative estimate of drug-likeness (QED) is 0.360. The van der Waals surface area contributed by atoms with Crippen LogP contribution in [0.1, 0.15) is 10.4 Å². The number of benzene rings is 1. The van der Waals surface area contributed by atoms with E-state index in [9.17, 15) is 18.0 Å². The van der Waals surface area contributed by atoms with Crippen LogP contribution < -0.4 is 21.3 Å². The second-order valence-corrected chi connectivity index (χ2v) is 8.42. The number of rotatable bonds is 5. The summed E-state index contributed by atoms with van der Waals surface area (Å²) in [5.41, 5.74) is 1.54. The minimum absolute atomic E-state index is 0.151. The predicted octanol–water partition coefficient (Wildman–Crippen LogP) is 1.74. The zero-order valence-corrected chi connectivity index (χ0v) is 17.6. The van der Waals surface area contributed by atoms with Gasteiger partial charge in [0.25, 0.3) is 11.5 Å². The highest BCUT2D eigenvalue weighted by Gasteiger charge is 2.15. The van der Waals surface area contributed by atoms with E-state index >= 15 is 0 Å². The fourth-order valence-corrected chi connectivity index (χ4v) is 3.65. The van der Waals surface area contributed by atoms with Crippen LogP contribution in [0, 0.1) is 0 Å². The van der Waals surface area contributed by atoms with E-state index in [2.05, 4.69) is 25.6 Å². The van der Waals surface area contributed by atoms with E-state index in [4.69, 9.17) is 5.14 Å². The molecule has 0 radical (unpaired) electrons. The standard InChI is InChI=1S/C21H18N6O4S/c1-23-20(28)12-2-4-15(5-3-12)26-19-18-13(6-7-25-21(18)29)9-17(27-19)14-8-16(11-24-10-14)32(22,30)31/h2-11H,1H3,(H,23,28)(H,25,29)(H,26,27)(H2,22,30,31). The van der Waals surface area contributed by atoms with Gasteiger partial charge in [0.2, 0.25) is 10.0 Å². The summed E-state index contributed by atoms with van der Waals surface area (Å²) in [5, 5.41) is 11.8. The third-order valence-corrected chi connectivity index (χ3v) is 5.61. The average molecular weight is 450 g/mol. The number of aromatic nitrogens is 3. The Hall–Kier alpha value is -4.09. The lowest BCUT2D eigenvalue weighted by atomic mass is 10.1. The normalized spacial score (nSPS) is 11.3. The van der Waals surface area contributed by atoms with Gasteiger partial charge in [0.15, 0.2) is 0 Å². The molecule has 4 rings (SSSR count). The Morgan fingerprint density at radius 2 is 1.84 bits per heavy atom. The van der Waals surface area contributed by atoms with E-state index in [1.807, 2.05) is 0 Å². The minimum atomic E-state index is -3.95. The molecule has 0 aliphatic heterocycles. The summed E-state index contributed by atoms with van der Waals surface area (Å²) < 4.78 is 23.4. The fraction of sp³-hybridized carbons (Fsp3) is 0.0476. The zero-order valence-electron chi connectivity index (χ0n) is 16.8. The molecule has 11 heteroatoms. The zero-order chi connectivity index (χ0) is 22.9. The van der Waals surface area contributed by atoms with Gasteiger partial charge in [-0.2, -0.15) is 0 Å². The van der Waals surface area contributed by atoms with Gasteiger partial charge in [0.1, 0.15) is 10.7 Å². The highest BCUT2D eigenvalue weighted by Crippen LogP contribution is 2.28. The molecule has 0 aliphatic carbocycles. The predicted molar refractivity (Wildman–Crippen MR) is 120 cm³/mol. The van der Waals surface area contributed by atoms with E-state index < -0.39 is 10.0 Å². The van der Waals surface area contributed by atoms with Crippen LogP contribution in [0.3, 0.4) is 0 Å². The van der Waals surface area contributed by atoms with Crippen molar-refractivity contribution in [2.45, 2.75) is 4.90 Å². The van der Waals surface area contributed by atoms with Crippen LogP contribution >= 0.6 is 0 Å². The summed E-state index contributed by atoms with van der Waals surface area (Å²) in [6, 6.07) is 11.4. The Bertz CT molecular complexity index is 1500. The number of nitrogens with one attached hydrogen (secondary N) is 3. The van der Waals surface area contributed by atoms with Crippen molar-refractivity contribution in [3.05, 3.63) is 77.0 Å². The molecule has 0 saturated heterocycles. The monoisotopic (exact) mass is 450 g/mol. The van der Waals surface area contributed by atoms with Crippen molar-refractivity contribution in [3.8, 4) is 11.3 Å². The van der Waals surface area contributed by atoms with E-state index in [-0.39, 0.29) is 22.2 Å². The Morgan fingerprint density at radius 3 is 2.53 bits per heavy atom. The number of nitrogens with two attached hydrogens (primary N) is 1. The van der Waals surface area contributed by atoms with Crippen molar-refractivity contribution >= 4 is 38.2 Å². The first-order valence-electron chi connectivity index (χ1n) is 9.36. The number of carbonyl (C=O) groups is 1. The van der Waals surface area contributed by atoms with Crippen LogP contribution in [0.25, 0.3) is 22.0 Å². The molecule has 4 aromatic rings. The van der Waals surface area contributed by atoms with E-state index in [1.165, 1.54) is 18.5 Å². The molecule has 0 spiro atoms. The molecule has 3 aromatic heterocycles. The second kappa shape index (κ2) is 8.21. The van der Waals surface area contributed by atoms with Gasteiger partial charge in [0.05, 0.1) is 11.1 Å². The number of primary sulfonamides is 1. The molecule has 10 nitrogen and oxygen atoms in total. The summed E-state index contributed by atoms with van der Waals surface area (Å²) in [6.07, 6.45) is 4.12. The number of anilines is 2. The summed E-state index contributed by atoms with van der Waals surface area (Å²) in [5.74, 6) is 0.0360. The SMILES string of the molecule is CNC(=O)c1ccc(Nc2nc(-c3cncc(S(N)(=O)=O)c3)cc3cc[nH]c(=O)c23)cc1. The first-order valence-corrected chi connectivity index (χ1v) is 10.9. The maximum atomic E-state index is 12.5. The van der Waals surface area contributed by atoms with Crippen LogP contribution in [0.5, 0.6) is 0 Å². The molecule has 0 atom stereocenters. The van der Waals surface area contributed by atoms with E-state index in [0.717, 1.165) is 6.20 Å². The van der Waals surface area contributed by atoms with Gasteiger partial charge in [-0.15, -0.1) is 0 Å². The van der Waals surface area contributed by atoms with Crippen molar-refractivity contribution < 1.29 is 13.2 Å². The maximum Gasteiger partial charge on any atom is 0.259 e. The topological polar surface area (TPSA) is 160 Å². The Balaban J connectivity index is 1.83. The highest BCUT2D eigenvalue weighted by molar-refractivity contribution is 7.89. The molecule has 3 heterocycles. The van der Waals surface area contributed by atoms with Gasteiger partial charge in [-0.25, -0.2) is 18.5 Å². The van der Waals surface area contributed by atoms with Crippen LogP contribution in [-0.2, 0) is 10.0 Å². The number of pyridine rings is 3. The molecule has 1 amide bonds. The average Bonchev–Trinajstić information content (AvgIpc) is 2.78. The number of aromatic amines is 1. The van der Waals surface area contributed by atoms with E-state index in [0.29, 0.717) is 33.3 Å². The second-order valence-electron chi connectivity index (χ2n) is 6.86. The van der Waals surface area contributed by atoms with Crippen LogP contribution in [-0.4, -0.2) is 36.3 Å². The number of hydrogen-bond donors (Lipinski definition) is 4. The molecule has 32 heavy (non-hydrogen) atoms. The number of nitrogens with zero attached hydrogens (tertiary/aromatic N) is 2. The fourth-order valence-electron chi connectivity index (χ4n) is 3.15. The summed E-state index contributed by atoms with van der Waals surface area (Å²) in [4.78, 5) is 35.2. The molecule has 162 valence electrons. The van der Waals surface area contributed by atoms with Gasteiger partial charge in [-0.1, -0.05) is 0 Å². The lowest BCUT2D eigenvalue weighted by Crippen LogP contribution is -2.17. The maximum absolute atomic E-state index is 12.5. The molecule has 1 aromatic carbocycles. The molecule has 0 saturated carbocycles. The summed E-state index contributed by atoms with van der Waals surface area (Å²) in [7, 11) is -2.40. The van der Waals surface area contributed by atoms with Crippen molar-refractivity contribution in [1.29, 1.82) is 0 Å². The minimum Gasteiger partial charge on any atom is -0.355 e. The molecule has 0 unspecified atom stereocenters. The largest absolute Gasteiger partial charge is 0.355 e. The van der Waals surface area contributed by atoms with Crippen molar-refractivity contribution in [1.82, 2.24) is 20.3 Å². The molecular formula is C21H18N6O4S. The van der Waals surface area contributed by atoms with Crippen molar-refractivity contribution in [2.24, 2.45) is 5.14 Å². The van der Waals surface area contributed by atoms with Crippen molar-refractivity contribution in [2.75, 3.05) is 12.4 Å². The number of H-pyrrole nitrogens is 1. The number of sulfonamides is 1.